The summed E-state index contributed by atoms with van der Waals surface area (Å²) in [4.78, 5) is 12.2. The van der Waals surface area contributed by atoms with Crippen LogP contribution in [0.1, 0.15) is 68.4 Å². The minimum atomic E-state index is -0.279. The van der Waals surface area contributed by atoms with Crippen LogP contribution in [-0.2, 0) is 17.6 Å². The van der Waals surface area contributed by atoms with E-state index in [-0.39, 0.29) is 5.97 Å². The van der Waals surface area contributed by atoms with E-state index in [0.29, 0.717) is 18.8 Å². The molecule has 0 heterocycles. The van der Waals surface area contributed by atoms with E-state index in [1.807, 2.05) is 13.0 Å². The fourth-order valence-corrected chi connectivity index (χ4v) is 2.38. The van der Waals surface area contributed by atoms with Crippen LogP contribution >= 0.6 is 0 Å². The van der Waals surface area contributed by atoms with Gasteiger partial charge >= 0.3 is 5.97 Å². The molecule has 3 nitrogen and oxygen atoms in total. The summed E-state index contributed by atoms with van der Waals surface area (Å²) in [5.41, 5.74) is 2.90. The topological polar surface area (TPSA) is 35.5 Å². The summed E-state index contributed by atoms with van der Waals surface area (Å²) in [6, 6.07) is 4.12. The van der Waals surface area contributed by atoms with E-state index in [9.17, 15) is 4.79 Å². The fraction of sp³-hybridized carbons (Fsp3) is 0.611. The van der Waals surface area contributed by atoms with Gasteiger partial charge in [0, 0.05) is 0 Å². The minimum Gasteiger partial charge on any atom is -0.492 e. The molecule has 1 rings (SSSR count). The Bertz CT molecular complexity index is 452. The van der Waals surface area contributed by atoms with Gasteiger partial charge in [-0.3, -0.25) is 0 Å². The number of aryl methyl sites for hydroxylation is 2. The molecule has 0 radical (unpaired) electrons. The molecule has 0 saturated carbocycles. The van der Waals surface area contributed by atoms with E-state index < -0.39 is 0 Å². The van der Waals surface area contributed by atoms with Crippen molar-refractivity contribution in [1.82, 2.24) is 0 Å². The Hall–Kier alpha value is -1.51. The Morgan fingerprint density at radius 2 is 1.71 bits per heavy atom. The summed E-state index contributed by atoms with van der Waals surface area (Å²) in [7, 11) is 0. The van der Waals surface area contributed by atoms with Gasteiger partial charge in [-0.1, -0.05) is 39.7 Å². The smallest absolute Gasteiger partial charge is 0.341 e. The summed E-state index contributed by atoms with van der Waals surface area (Å²) in [5, 5.41) is 0. The second-order valence-corrected chi connectivity index (χ2v) is 5.20. The summed E-state index contributed by atoms with van der Waals surface area (Å²) >= 11 is 0. The average molecular weight is 292 g/mol. The first-order valence-electron chi connectivity index (χ1n) is 8.13. The maximum Gasteiger partial charge on any atom is 0.341 e. The summed E-state index contributed by atoms with van der Waals surface area (Å²) < 4.78 is 11.1. The van der Waals surface area contributed by atoms with Crippen LogP contribution in [-0.4, -0.2) is 19.2 Å². The molecule has 21 heavy (non-hydrogen) atoms. The number of hydrogen-bond donors (Lipinski definition) is 0. The van der Waals surface area contributed by atoms with Crippen molar-refractivity contribution in [3.8, 4) is 5.75 Å². The van der Waals surface area contributed by atoms with Crippen LogP contribution in [0.4, 0.5) is 0 Å². The molecule has 0 aliphatic heterocycles. The van der Waals surface area contributed by atoms with Crippen LogP contribution in [0.5, 0.6) is 5.75 Å². The SMILES string of the molecule is CCCOc1c(CCC)cc(CCC)cc1C(=O)OCC. The molecule has 1 aromatic rings. The van der Waals surface area contributed by atoms with Crippen molar-refractivity contribution < 1.29 is 14.3 Å². The van der Waals surface area contributed by atoms with Crippen LogP contribution in [0.3, 0.4) is 0 Å². The predicted octanol–water partition coefficient (Wildman–Crippen LogP) is 4.56. The number of rotatable bonds is 9. The first-order chi connectivity index (χ1) is 10.2. The lowest BCUT2D eigenvalue weighted by Gasteiger charge is -2.17. The van der Waals surface area contributed by atoms with Gasteiger partial charge in [-0.15, -0.1) is 0 Å². The van der Waals surface area contributed by atoms with Crippen LogP contribution in [0, 0.1) is 0 Å². The summed E-state index contributed by atoms with van der Waals surface area (Å²) in [6.45, 7) is 9.18. The third-order valence-electron chi connectivity index (χ3n) is 3.23. The molecule has 0 aromatic heterocycles. The van der Waals surface area contributed by atoms with Gasteiger partial charge in [0.25, 0.3) is 0 Å². The largest absolute Gasteiger partial charge is 0.492 e. The van der Waals surface area contributed by atoms with Crippen molar-refractivity contribution in [2.24, 2.45) is 0 Å². The summed E-state index contributed by atoms with van der Waals surface area (Å²) in [6.07, 6.45) is 4.90. The van der Waals surface area contributed by atoms with Gasteiger partial charge in [-0.05, 0) is 43.4 Å². The maximum absolute atomic E-state index is 12.2. The Labute approximate surface area is 128 Å². The molecule has 0 aliphatic carbocycles. The van der Waals surface area contributed by atoms with Gasteiger partial charge < -0.3 is 9.47 Å². The maximum atomic E-state index is 12.2. The van der Waals surface area contributed by atoms with Gasteiger partial charge in [-0.2, -0.15) is 0 Å². The fourth-order valence-electron chi connectivity index (χ4n) is 2.38. The lowest BCUT2D eigenvalue weighted by atomic mass is 9.98. The standard InChI is InChI=1S/C18H28O3/c1-5-9-14-12-15(10-6-2)17(21-11-7-3)16(13-14)18(19)20-8-4/h12-13H,5-11H2,1-4H3. The van der Waals surface area contributed by atoms with E-state index >= 15 is 0 Å². The van der Waals surface area contributed by atoms with Crippen LogP contribution in [0.25, 0.3) is 0 Å². The van der Waals surface area contributed by atoms with E-state index in [2.05, 4.69) is 26.8 Å². The van der Waals surface area contributed by atoms with Crippen molar-refractivity contribution in [2.75, 3.05) is 13.2 Å². The van der Waals surface area contributed by atoms with Crippen molar-refractivity contribution in [1.29, 1.82) is 0 Å². The molecule has 0 spiro atoms. The molecule has 0 unspecified atom stereocenters. The van der Waals surface area contributed by atoms with Gasteiger partial charge in [0.2, 0.25) is 0 Å². The highest BCUT2D eigenvalue weighted by Crippen LogP contribution is 2.29. The van der Waals surface area contributed by atoms with Gasteiger partial charge in [0.15, 0.2) is 0 Å². The number of carbonyl (C=O) groups excluding carboxylic acids is 1. The molecule has 0 aliphatic rings. The third-order valence-corrected chi connectivity index (χ3v) is 3.23. The lowest BCUT2D eigenvalue weighted by Crippen LogP contribution is -2.11. The molecule has 1 aromatic carbocycles. The second kappa shape index (κ2) is 9.43. The quantitative estimate of drug-likeness (QED) is 0.626. The number of esters is 1. The molecular formula is C18H28O3. The second-order valence-electron chi connectivity index (χ2n) is 5.20. The molecule has 0 N–H and O–H groups in total. The van der Waals surface area contributed by atoms with Crippen LogP contribution in [0.2, 0.25) is 0 Å². The molecule has 118 valence electrons. The molecule has 0 fully saturated rings. The van der Waals surface area contributed by atoms with Crippen molar-refractivity contribution in [2.45, 2.75) is 59.8 Å². The highest BCUT2D eigenvalue weighted by molar-refractivity contribution is 5.93. The number of carbonyl (C=O) groups is 1. The van der Waals surface area contributed by atoms with Gasteiger partial charge in [-0.25, -0.2) is 4.79 Å². The molecule has 0 bridgehead atoms. The first kappa shape index (κ1) is 17.5. The zero-order chi connectivity index (χ0) is 15.7. The third kappa shape index (κ3) is 5.07. The Morgan fingerprint density at radius 3 is 2.29 bits per heavy atom. The van der Waals surface area contributed by atoms with Gasteiger partial charge in [0.05, 0.1) is 13.2 Å². The van der Waals surface area contributed by atoms with E-state index in [4.69, 9.17) is 9.47 Å². The Kier molecular flexibility index (Phi) is 7.88. The van der Waals surface area contributed by atoms with Crippen molar-refractivity contribution in [3.63, 3.8) is 0 Å². The van der Waals surface area contributed by atoms with E-state index in [0.717, 1.165) is 43.4 Å². The molecule has 3 heteroatoms. The summed E-state index contributed by atoms with van der Waals surface area (Å²) in [5.74, 6) is 0.441. The number of benzene rings is 1. The molecule has 0 saturated heterocycles. The van der Waals surface area contributed by atoms with E-state index in [1.165, 1.54) is 5.56 Å². The van der Waals surface area contributed by atoms with Crippen LogP contribution in [0.15, 0.2) is 12.1 Å². The Balaban J connectivity index is 3.27. The number of hydrogen-bond acceptors (Lipinski definition) is 3. The Morgan fingerprint density at radius 1 is 1.00 bits per heavy atom. The number of ether oxygens (including phenoxy) is 2. The first-order valence-corrected chi connectivity index (χ1v) is 8.13. The molecule has 0 amide bonds. The highest BCUT2D eigenvalue weighted by Gasteiger charge is 2.19. The molecule has 0 atom stereocenters. The zero-order valence-electron chi connectivity index (χ0n) is 13.8. The average Bonchev–Trinajstić information content (AvgIpc) is 2.46. The minimum absolute atomic E-state index is 0.279. The monoisotopic (exact) mass is 292 g/mol. The van der Waals surface area contributed by atoms with Crippen molar-refractivity contribution in [3.05, 3.63) is 28.8 Å². The molecular weight excluding hydrogens is 264 g/mol. The zero-order valence-corrected chi connectivity index (χ0v) is 13.8. The normalized spacial score (nSPS) is 10.5. The predicted molar refractivity (Wildman–Crippen MR) is 86.2 cm³/mol. The van der Waals surface area contributed by atoms with Crippen LogP contribution < -0.4 is 4.74 Å². The van der Waals surface area contributed by atoms with E-state index in [1.54, 1.807) is 0 Å². The van der Waals surface area contributed by atoms with Crippen molar-refractivity contribution >= 4 is 5.97 Å². The lowest BCUT2D eigenvalue weighted by molar-refractivity contribution is 0.0521. The highest BCUT2D eigenvalue weighted by atomic mass is 16.5. The van der Waals surface area contributed by atoms with Gasteiger partial charge in [0.1, 0.15) is 11.3 Å².